The molecule has 0 bridgehead atoms. The minimum absolute atomic E-state index is 0.0374. The molecular formula is C19H27F4N3O5S. The second-order valence-corrected chi connectivity index (χ2v) is 9.33. The highest BCUT2D eigenvalue weighted by Gasteiger charge is 2.38. The van der Waals surface area contributed by atoms with Crippen LogP contribution in [0.25, 0.3) is 0 Å². The fraction of sp³-hybridized carbons (Fsp3) is 0.579. The van der Waals surface area contributed by atoms with Gasteiger partial charge in [-0.15, -0.1) is 0 Å². The molecule has 0 radical (unpaired) electrons. The van der Waals surface area contributed by atoms with E-state index in [1.807, 2.05) is 13.8 Å². The lowest BCUT2D eigenvalue weighted by molar-refractivity contribution is -0.192. The van der Waals surface area contributed by atoms with Crippen LogP contribution in [-0.4, -0.2) is 80.1 Å². The van der Waals surface area contributed by atoms with Crippen LogP contribution in [0.5, 0.6) is 0 Å². The number of hydrogen-bond donors (Lipinski definition) is 2. The van der Waals surface area contributed by atoms with Crippen molar-refractivity contribution >= 4 is 21.9 Å². The van der Waals surface area contributed by atoms with Gasteiger partial charge in [0.05, 0.1) is 4.90 Å². The molecule has 1 aromatic rings. The van der Waals surface area contributed by atoms with Gasteiger partial charge < -0.3 is 15.3 Å². The van der Waals surface area contributed by atoms with Crippen molar-refractivity contribution in [2.24, 2.45) is 5.92 Å². The average molecular weight is 486 g/mol. The first-order chi connectivity index (χ1) is 14.7. The molecular weight excluding hydrogens is 458 g/mol. The molecule has 32 heavy (non-hydrogen) atoms. The first-order valence-electron chi connectivity index (χ1n) is 9.79. The number of sulfonamides is 1. The maximum absolute atomic E-state index is 13.1. The van der Waals surface area contributed by atoms with E-state index in [2.05, 4.69) is 5.32 Å². The predicted octanol–water partition coefficient (Wildman–Crippen LogP) is 1.93. The molecule has 0 aliphatic carbocycles. The van der Waals surface area contributed by atoms with Crippen LogP contribution < -0.4 is 5.32 Å². The molecule has 0 spiro atoms. The van der Waals surface area contributed by atoms with Crippen molar-refractivity contribution < 1.29 is 40.7 Å². The lowest BCUT2D eigenvalue weighted by atomic mass is 10.2. The van der Waals surface area contributed by atoms with Gasteiger partial charge in [0, 0.05) is 45.7 Å². The van der Waals surface area contributed by atoms with E-state index in [4.69, 9.17) is 9.90 Å². The van der Waals surface area contributed by atoms with Gasteiger partial charge in [-0.05, 0) is 30.2 Å². The maximum Gasteiger partial charge on any atom is 0.490 e. The number of aliphatic carboxylic acids is 1. The molecule has 0 atom stereocenters. The normalized spacial score (nSPS) is 14.8. The zero-order valence-corrected chi connectivity index (χ0v) is 18.5. The Balaban J connectivity index is 0.000000633. The first-order valence-corrected chi connectivity index (χ1v) is 11.2. The van der Waals surface area contributed by atoms with Gasteiger partial charge in [-0.2, -0.15) is 17.5 Å². The van der Waals surface area contributed by atoms with Crippen molar-refractivity contribution in [2.75, 3.05) is 39.3 Å². The number of carbonyl (C=O) groups excluding carboxylic acids is 1. The zero-order chi connectivity index (χ0) is 24.5. The molecule has 0 unspecified atom stereocenters. The Morgan fingerprint density at radius 1 is 1.16 bits per heavy atom. The lowest BCUT2D eigenvalue weighted by Crippen LogP contribution is -2.47. The number of hydrogen-bond acceptors (Lipinski definition) is 5. The van der Waals surface area contributed by atoms with Crippen LogP contribution in [0.2, 0.25) is 0 Å². The number of amides is 1. The Bertz CT molecular complexity index is 855. The van der Waals surface area contributed by atoms with Crippen LogP contribution in [0.15, 0.2) is 29.2 Å². The number of nitrogens with one attached hydrogen (secondary N) is 1. The summed E-state index contributed by atoms with van der Waals surface area (Å²) >= 11 is 0. The molecule has 1 saturated heterocycles. The summed E-state index contributed by atoms with van der Waals surface area (Å²) < 4.78 is 71.8. The van der Waals surface area contributed by atoms with Gasteiger partial charge in [0.25, 0.3) is 0 Å². The summed E-state index contributed by atoms with van der Waals surface area (Å²) in [5.41, 5.74) is 0. The molecule has 13 heteroatoms. The van der Waals surface area contributed by atoms with Gasteiger partial charge in [0.15, 0.2) is 0 Å². The number of benzene rings is 1. The standard InChI is InChI=1S/C17H26FN3O3S.C2HF3O2/c1-14(2)13-21(10-7-17(22)20-11-8-19-9-12-20)25(23,24)16-5-3-15(18)4-6-16;3-2(4,5)1(6)7/h3-6,14,19H,7-13H2,1-2H3;(H,6,7). The quantitative estimate of drug-likeness (QED) is 0.572. The molecule has 1 aliphatic heterocycles. The van der Waals surface area contributed by atoms with E-state index in [0.29, 0.717) is 19.6 Å². The van der Waals surface area contributed by atoms with E-state index >= 15 is 0 Å². The van der Waals surface area contributed by atoms with Crippen molar-refractivity contribution in [1.29, 1.82) is 0 Å². The largest absolute Gasteiger partial charge is 0.490 e. The number of carbonyl (C=O) groups is 2. The van der Waals surface area contributed by atoms with Gasteiger partial charge in [-0.3, -0.25) is 4.79 Å². The Morgan fingerprint density at radius 2 is 1.66 bits per heavy atom. The Kier molecular flexibility index (Phi) is 10.5. The molecule has 1 aromatic carbocycles. The summed E-state index contributed by atoms with van der Waals surface area (Å²) in [4.78, 5) is 23.0. The molecule has 1 heterocycles. The zero-order valence-electron chi connectivity index (χ0n) is 17.7. The summed E-state index contributed by atoms with van der Waals surface area (Å²) in [6.07, 6.45) is -4.94. The lowest BCUT2D eigenvalue weighted by Gasteiger charge is -2.29. The molecule has 8 nitrogen and oxygen atoms in total. The summed E-state index contributed by atoms with van der Waals surface area (Å²) in [5.74, 6) is -3.16. The third kappa shape index (κ3) is 9.09. The van der Waals surface area contributed by atoms with Crippen LogP contribution in [0.3, 0.4) is 0 Å². The number of carboxylic acids is 1. The van der Waals surface area contributed by atoms with E-state index in [1.165, 1.54) is 16.4 Å². The smallest absolute Gasteiger partial charge is 0.475 e. The van der Waals surface area contributed by atoms with Crippen LogP contribution in [-0.2, 0) is 19.6 Å². The number of alkyl halides is 3. The second kappa shape index (κ2) is 12.1. The molecule has 0 aromatic heterocycles. The topological polar surface area (TPSA) is 107 Å². The highest BCUT2D eigenvalue weighted by Crippen LogP contribution is 2.18. The summed E-state index contributed by atoms with van der Waals surface area (Å²) in [6, 6.07) is 4.78. The molecule has 182 valence electrons. The van der Waals surface area contributed by atoms with Crippen LogP contribution >= 0.6 is 0 Å². The highest BCUT2D eigenvalue weighted by atomic mass is 32.2. The van der Waals surface area contributed by atoms with Crippen LogP contribution in [0.1, 0.15) is 20.3 Å². The van der Waals surface area contributed by atoms with Crippen molar-refractivity contribution in [2.45, 2.75) is 31.3 Å². The van der Waals surface area contributed by atoms with Crippen LogP contribution in [0.4, 0.5) is 17.6 Å². The summed E-state index contributed by atoms with van der Waals surface area (Å²) in [6.45, 7) is 7.10. The predicted molar refractivity (Wildman–Crippen MR) is 108 cm³/mol. The molecule has 1 aliphatic rings. The van der Waals surface area contributed by atoms with Gasteiger partial charge >= 0.3 is 12.1 Å². The highest BCUT2D eigenvalue weighted by molar-refractivity contribution is 7.89. The van der Waals surface area contributed by atoms with Crippen molar-refractivity contribution in [3.8, 4) is 0 Å². The van der Waals surface area contributed by atoms with Crippen molar-refractivity contribution in [3.63, 3.8) is 0 Å². The van der Waals surface area contributed by atoms with E-state index in [0.717, 1.165) is 25.2 Å². The molecule has 0 saturated carbocycles. The van der Waals surface area contributed by atoms with E-state index < -0.39 is 28.0 Å². The van der Waals surface area contributed by atoms with Gasteiger partial charge in [0.2, 0.25) is 15.9 Å². The molecule has 2 rings (SSSR count). The second-order valence-electron chi connectivity index (χ2n) is 7.39. The Morgan fingerprint density at radius 3 is 2.09 bits per heavy atom. The Labute approximate surface area is 184 Å². The van der Waals surface area contributed by atoms with E-state index in [9.17, 15) is 30.8 Å². The van der Waals surface area contributed by atoms with Gasteiger partial charge in [-0.25, -0.2) is 17.6 Å². The molecule has 1 fully saturated rings. The third-order valence-electron chi connectivity index (χ3n) is 4.31. The first kappa shape index (κ1) is 27.8. The van der Waals surface area contributed by atoms with Crippen molar-refractivity contribution in [1.82, 2.24) is 14.5 Å². The summed E-state index contributed by atoms with van der Waals surface area (Å²) in [7, 11) is -3.76. The minimum atomic E-state index is -5.08. The van der Waals surface area contributed by atoms with Gasteiger partial charge in [0.1, 0.15) is 5.82 Å². The third-order valence-corrected chi connectivity index (χ3v) is 6.19. The average Bonchev–Trinajstić information content (AvgIpc) is 2.71. The Hall–Kier alpha value is -2.25. The van der Waals surface area contributed by atoms with E-state index in [1.54, 1.807) is 4.90 Å². The van der Waals surface area contributed by atoms with Crippen LogP contribution in [0, 0.1) is 11.7 Å². The number of piperazine rings is 1. The monoisotopic (exact) mass is 485 g/mol. The number of halogens is 4. The maximum atomic E-state index is 13.1. The summed E-state index contributed by atoms with van der Waals surface area (Å²) in [5, 5.41) is 10.3. The van der Waals surface area contributed by atoms with Crippen molar-refractivity contribution in [3.05, 3.63) is 30.1 Å². The molecule has 2 N–H and O–H groups in total. The SMILES string of the molecule is CC(C)CN(CCC(=O)N1CCNCC1)S(=O)(=O)c1ccc(F)cc1.O=C(O)C(F)(F)F. The van der Waals surface area contributed by atoms with Gasteiger partial charge in [-0.1, -0.05) is 13.8 Å². The molecule has 1 amide bonds. The van der Waals surface area contributed by atoms with E-state index in [-0.39, 0.29) is 29.7 Å². The number of rotatable bonds is 7. The minimum Gasteiger partial charge on any atom is -0.475 e. The fourth-order valence-electron chi connectivity index (χ4n) is 2.77. The number of nitrogens with zero attached hydrogens (tertiary/aromatic N) is 2. The number of carboxylic acid groups (broad SMARTS) is 1. The fourth-order valence-corrected chi connectivity index (χ4v) is 4.37.